The standard InChI is InChI=1S/C12H17N5O/c13-17-12(15-9-5-2-1-3-6-9)16-10-7-4-8-14-11(10)18/h1-3,5-6,10H,4,7-8,13H2,(H,14,18)(H2,15,16,17). The Labute approximate surface area is 106 Å². The third-order valence-electron chi connectivity index (χ3n) is 2.71. The number of carbonyl (C=O) groups is 1. The van der Waals surface area contributed by atoms with Crippen molar-refractivity contribution >= 4 is 17.6 Å². The van der Waals surface area contributed by atoms with Crippen LogP contribution in [0.15, 0.2) is 35.3 Å². The zero-order chi connectivity index (χ0) is 12.8. The molecule has 1 heterocycles. The number of rotatable bonds is 2. The molecule has 0 spiro atoms. The number of hydrogen-bond donors (Lipinski definition) is 4. The number of para-hydroxylation sites is 1. The van der Waals surface area contributed by atoms with E-state index in [9.17, 15) is 4.79 Å². The summed E-state index contributed by atoms with van der Waals surface area (Å²) in [5.41, 5.74) is 3.34. The number of hydrogen-bond acceptors (Lipinski definition) is 3. The van der Waals surface area contributed by atoms with E-state index in [0.29, 0.717) is 5.96 Å². The minimum absolute atomic E-state index is 0.0520. The molecule has 1 aromatic carbocycles. The van der Waals surface area contributed by atoms with Gasteiger partial charge in [0.15, 0.2) is 0 Å². The van der Waals surface area contributed by atoms with Gasteiger partial charge in [-0.1, -0.05) is 18.2 Å². The number of amides is 1. The number of benzene rings is 1. The van der Waals surface area contributed by atoms with Gasteiger partial charge in [0.2, 0.25) is 11.9 Å². The van der Waals surface area contributed by atoms with Crippen molar-refractivity contribution in [1.29, 1.82) is 0 Å². The lowest BCUT2D eigenvalue weighted by molar-refractivity contribution is -0.123. The van der Waals surface area contributed by atoms with Gasteiger partial charge in [0, 0.05) is 12.2 Å². The number of nitrogens with one attached hydrogen (secondary N) is 3. The molecule has 6 heteroatoms. The topological polar surface area (TPSA) is 91.5 Å². The highest BCUT2D eigenvalue weighted by Gasteiger charge is 2.21. The Morgan fingerprint density at radius 1 is 1.39 bits per heavy atom. The van der Waals surface area contributed by atoms with Gasteiger partial charge in [-0.2, -0.15) is 0 Å². The second-order valence-electron chi connectivity index (χ2n) is 4.06. The van der Waals surface area contributed by atoms with Gasteiger partial charge >= 0.3 is 0 Å². The molecule has 0 saturated carbocycles. The summed E-state index contributed by atoms with van der Waals surface area (Å²) >= 11 is 0. The van der Waals surface area contributed by atoms with E-state index < -0.39 is 0 Å². The molecule has 18 heavy (non-hydrogen) atoms. The van der Waals surface area contributed by atoms with Crippen molar-refractivity contribution in [3.8, 4) is 0 Å². The van der Waals surface area contributed by atoms with Crippen LogP contribution in [0.1, 0.15) is 12.8 Å². The first kappa shape index (κ1) is 12.4. The van der Waals surface area contributed by atoms with Crippen molar-refractivity contribution in [2.75, 3.05) is 11.9 Å². The number of nitrogens with two attached hydrogens (primary N) is 1. The maximum Gasteiger partial charge on any atom is 0.244 e. The van der Waals surface area contributed by atoms with Crippen molar-refractivity contribution in [3.05, 3.63) is 30.3 Å². The van der Waals surface area contributed by atoms with Crippen LogP contribution in [0.5, 0.6) is 0 Å². The van der Waals surface area contributed by atoms with Crippen LogP contribution < -0.4 is 21.9 Å². The fraction of sp³-hybridized carbons (Fsp3) is 0.333. The van der Waals surface area contributed by atoms with Crippen molar-refractivity contribution in [2.24, 2.45) is 10.8 Å². The van der Waals surface area contributed by atoms with Crippen LogP contribution in [0, 0.1) is 0 Å². The molecule has 1 aliphatic heterocycles. The summed E-state index contributed by atoms with van der Waals surface area (Å²) in [7, 11) is 0. The van der Waals surface area contributed by atoms with Gasteiger partial charge in [-0.05, 0) is 25.0 Å². The first-order chi connectivity index (χ1) is 8.79. The van der Waals surface area contributed by atoms with Crippen LogP contribution in [-0.2, 0) is 4.79 Å². The number of hydrazine groups is 1. The van der Waals surface area contributed by atoms with E-state index in [4.69, 9.17) is 5.84 Å². The van der Waals surface area contributed by atoms with E-state index in [1.807, 2.05) is 30.3 Å². The summed E-state index contributed by atoms with van der Waals surface area (Å²) in [5, 5.41) is 5.81. The molecular formula is C12H17N5O. The first-order valence-corrected chi connectivity index (χ1v) is 5.94. The summed E-state index contributed by atoms with van der Waals surface area (Å²) in [6, 6.07) is 9.16. The molecule has 96 valence electrons. The van der Waals surface area contributed by atoms with E-state index >= 15 is 0 Å². The molecular weight excluding hydrogens is 230 g/mol. The second-order valence-corrected chi connectivity index (χ2v) is 4.06. The SMILES string of the molecule is NNC(=NC1CCCNC1=O)Nc1ccccc1. The summed E-state index contributed by atoms with van der Waals surface area (Å²) < 4.78 is 0. The van der Waals surface area contributed by atoms with Crippen LogP contribution in [-0.4, -0.2) is 24.5 Å². The first-order valence-electron chi connectivity index (χ1n) is 5.94. The van der Waals surface area contributed by atoms with E-state index in [1.54, 1.807) is 0 Å². The third-order valence-corrected chi connectivity index (χ3v) is 2.71. The van der Waals surface area contributed by atoms with E-state index in [2.05, 4.69) is 21.1 Å². The number of piperidine rings is 1. The predicted octanol–water partition coefficient (Wildman–Crippen LogP) is 0.196. The van der Waals surface area contributed by atoms with Crippen molar-refractivity contribution in [2.45, 2.75) is 18.9 Å². The lowest BCUT2D eigenvalue weighted by Crippen LogP contribution is -2.43. The largest absolute Gasteiger partial charge is 0.354 e. The highest BCUT2D eigenvalue weighted by molar-refractivity contribution is 5.95. The summed E-state index contributed by atoms with van der Waals surface area (Å²) in [4.78, 5) is 15.9. The van der Waals surface area contributed by atoms with Gasteiger partial charge in [-0.15, -0.1) is 0 Å². The maximum atomic E-state index is 11.6. The zero-order valence-corrected chi connectivity index (χ0v) is 10.0. The van der Waals surface area contributed by atoms with Gasteiger partial charge in [0.25, 0.3) is 0 Å². The Bertz CT molecular complexity index is 431. The molecule has 0 bridgehead atoms. The van der Waals surface area contributed by atoms with Crippen molar-refractivity contribution in [1.82, 2.24) is 10.7 Å². The Kier molecular flexibility index (Phi) is 4.14. The van der Waals surface area contributed by atoms with E-state index in [0.717, 1.165) is 25.1 Å². The summed E-state index contributed by atoms with van der Waals surface area (Å²) in [6.07, 6.45) is 1.68. The molecule has 1 amide bonds. The molecule has 1 saturated heterocycles. The number of guanidine groups is 1. The van der Waals surface area contributed by atoms with Gasteiger partial charge in [0.1, 0.15) is 6.04 Å². The average molecular weight is 247 g/mol. The molecule has 6 nitrogen and oxygen atoms in total. The average Bonchev–Trinajstić information content (AvgIpc) is 2.41. The highest BCUT2D eigenvalue weighted by atomic mass is 16.2. The Morgan fingerprint density at radius 3 is 2.83 bits per heavy atom. The lowest BCUT2D eigenvalue weighted by Gasteiger charge is -2.19. The molecule has 1 atom stereocenters. The van der Waals surface area contributed by atoms with Crippen LogP contribution >= 0.6 is 0 Å². The molecule has 2 rings (SSSR count). The van der Waals surface area contributed by atoms with Crippen molar-refractivity contribution in [3.63, 3.8) is 0 Å². The number of aliphatic imine (C=N–C) groups is 1. The molecule has 1 aliphatic rings. The minimum Gasteiger partial charge on any atom is -0.354 e. The second kappa shape index (κ2) is 6.02. The quantitative estimate of drug-likeness (QED) is 0.260. The molecule has 1 fully saturated rings. The van der Waals surface area contributed by atoms with Crippen LogP contribution in [0.2, 0.25) is 0 Å². The van der Waals surface area contributed by atoms with Crippen LogP contribution in [0.4, 0.5) is 5.69 Å². The molecule has 0 aliphatic carbocycles. The molecule has 5 N–H and O–H groups in total. The van der Waals surface area contributed by atoms with Gasteiger partial charge in [0.05, 0.1) is 0 Å². The van der Waals surface area contributed by atoms with E-state index in [1.165, 1.54) is 0 Å². The van der Waals surface area contributed by atoms with Gasteiger partial charge < -0.3 is 10.6 Å². The van der Waals surface area contributed by atoms with Crippen LogP contribution in [0.3, 0.4) is 0 Å². The maximum absolute atomic E-state index is 11.6. The summed E-state index contributed by atoms with van der Waals surface area (Å²) in [6.45, 7) is 0.725. The predicted molar refractivity (Wildman–Crippen MR) is 70.9 cm³/mol. The van der Waals surface area contributed by atoms with Crippen molar-refractivity contribution < 1.29 is 4.79 Å². The highest BCUT2D eigenvalue weighted by Crippen LogP contribution is 2.09. The number of carbonyl (C=O) groups excluding carboxylic acids is 1. The molecule has 0 aromatic heterocycles. The molecule has 0 radical (unpaired) electrons. The Hall–Kier alpha value is -2.08. The molecule has 1 unspecified atom stereocenters. The van der Waals surface area contributed by atoms with Gasteiger partial charge in [-0.3, -0.25) is 10.2 Å². The zero-order valence-electron chi connectivity index (χ0n) is 10.0. The van der Waals surface area contributed by atoms with E-state index in [-0.39, 0.29) is 11.9 Å². The minimum atomic E-state index is -0.374. The number of nitrogens with zero attached hydrogens (tertiary/aromatic N) is 1. The van der Waals surface area contributed by atoms with Gasteiger partial charge in [-0.25, -0.2) is 10.8 Å². The number of anilines is 1. The Morgan fingerprint density at radius 2 is 2.17 bits per heavy atom. The Balaban J connectivity index is 2.05. The van der Waals surface area contributed by atoms with Crippen LogP contribution in [0.25, 0.3) is 0 Å². The normalized spacial score (nSPS) is 20.2. The fourth-order valence-corrected chi connectivity index (χ4v) is 1.80. The third kappa shape index (κ3) is 3.21. The summed E-state index contributed by atoms with van der Waals surface area (Å²) in [5.74, 6) is 5.75. The monoisotopic (exact) mass is 247 g/mol. The lowest BCUT2D eigenvalue weighted by atomic mass is 10.1. The fourth-order valence-electron chi connectivity index (χ4n) is 1.80. The smallest absolute Gasteiger partial charge is 0.244 e. The molecule has 1 aromatic rings.